The summed E-state index contributed by atoms with van der Waals surface area (Å²) in [6.07, 6.45) is 3.82. The standard InChI is InChI=1S/C19H15FN4O/c20-15-5-3-6-16(10-15)23-19-21-11-14(12-22-19)18(25)24-9-8-13-4-1-2-7-17(13)24/h1-7,10-12H,8-9H2,(H,21,22,23). The Labute approximate surface area is 144 Å². The molecule has 3 aromatic rings. The van der Waals surface area contributed by atoms with Crippen LogP contribution in [0.2, 0.25) is 0 Å². The van der Waals surface area contributed by atoms with Gasteiger partial charge in [0.25, 0.3) is 5.91 Å². The van der Waals surface area contributed by atoms with E-state index < -0.39 is 0 Å². The van der Waals surface area contributed by atoms with E-state index in [-0.39, 0.29) is 11.7 Å². The summed E-state index contributed by atoms with van der Waals surface area (Å²) in [5.41, 5.74) is 3.07. The molecular weight excluding hydrogens is 319 g/mol. The molecular formula is C19H15FN4O. The summed E-state index contributed by atoms with van der Waals surface area (Å²) in [7, 11) is 0. The highest BCUT2D eigenvalue weighted by atomic mass is 19.1. The van der Waals surface area contributed by atoms with E-state index in [1.54, 1.807) is 17.0 Å². The van der Waals surface area contributed by atoms with E-state index in [4.69, 9.17) is 0 Å². The molecule has 1 aliphatic rings. The smallest absolute Gasteiger partial charge is 0.261 e. The largest absolute Gasteiger partial charge is 0.324 e. The van der Waals surface area contributed by atoms with Gasteiger partial charge in [-0.15, -0.1) is 0 Å². The van der Waals surface area contributed by atoms with Crippen LogP contribution in [0, 0.1) is 5.82 Å². The molecule has 0 saturated heterocycles. The Balaban J connectivity index is 1.52. The van der Waals surface area contributed by atoms with E-state index in [0.717, 1.165) is 12.1 Å². The fraction of sp³-hybridized carbons (Fsp3) is 0.105. The van der Waals surface area contributed by atoms with Gasteiger partial charge in [0.05, 0.1) is 5.56 Å². The topological polar surface area (TPSA) is 58.1 Å². The molecule has 0 bridgehead atoms. The normalized spacial score (nSPS) is 12.8. The SMILES string of the molecule is O=C(c1cnc(Nc2cccc(F)c2)nc1)N1CCc2ccccc21. The average Bonchev–Trinajstić information content (AvgIpc) is 3.06. The van der Waals surface area contributed by atoms with Crippen molar-refractivity contribution >= 4 is 23.2 Å². The lowest BCUT2D eigenvalue weighted by Crippen LogP contribution is -2.29. The van der Waals surface area contributed by atoms with Crippen molar-refractivity contribution in [3.8, 4) is 0 Å². The Bertz CT molecular complexity index is 927. The van der Waals surface area contributed by atoms with Crippen LogP contribution in [0.15, 0.2) is 60.9 Å². The van der Waals surface area contributed by atoms with Crippen LogP contribution in [0.25, 0.3) is 0 Å². The summed E-state index contributed by atoms with van der Waals surface area (Å²) in [5, 5.41) is 2.91. The van der Waals surface area contributed by atoms with Gasteiger partial charge in [0.15, 0.2) is 0 Å². The number of carbonyl (C=O) groups excluding carboxylic acids is 1. The van der Waals surface area contributed by atoms with Gasteiger partial charge >= 0.3 is 0 Å². The molecule has 124 valence electrons. The molecule has 2 aromatic carbocycles. The monoisotopic (exact) mass is 334 g/mol. The molecule has 0 fully saturated rings. The lowest BCUT2D eigenvalue weighted by molar-refractivity contribution is 0.0988. The van der Waals surface area contributed by atoms with Crippen molar-refractivity contribution in [1.82, 2.24) is 9.97 Å². The fourth-order valence-corrected chi connectivity index (χ4v) is 2.90. The summed E-state index contributed by atoms with van der Waals surface area (Å²) in [4.78, 5) is 22.8. The molecule has 4 rings (SSSR count). The third-order valence-corrected chi connectivity index (χ3v) is 4.11. The van der Waals surface area contributed by atoms with Crippen molar-refractivity contribution in [1.29, 1.82) is 0 Å². The minimum atomic E-state index is -0.343. The van der Waals surface area contributed by atoms with E-state index in [9.17, 15) is 9.18 Å². The second-order valence-electron chi connectivity index (χ2n) is 5.77. The third kappa shape index (κ3) is 3.06. The lowest BCUT2D eigenvalue weighted by atomic mass is 10.2. The fourth-order valence-electron chi connectivity index (χ4n) is 2.90. The van der Waals surface area contributed by atoms with Gasteiger partial charge in [-0.3, -0.25) is 4.79 Å². The van der Waals surface area contributed by atoms with Gasteiger partial charge in [0.1, 0.15) is 5.82 Å². The number of hydrogen-bond donors (Lipinski definition) is 1. The zero-order valence-electron chi connectivity index (χ0n) is 13.3. The molecule has 1 N–H and O–H groups in total. The molecule has 1 aromatic heterocycles. The summed E-state index contributed by atoms with van der Waals surface area (Å²) >= 11 is 0. The molecule has 1 aliphatic heterocycles. The number of amides is 1. The van der Waals surface area contributed by atoms with Crippen LogP contribution in [0.5, 0.6) is 0 Å². The number of anilines is 3. The van der Waals surface area contributed by atoms with Gasteiger partial charge in [-0.2, -0.15) is 0 Å². The molecule has 0 unspecified atom stereocenters. The molecule has 0 radical (unpaired) electrons. The minimum absolute atomic E-state index is 0.123. The van der Waals surface area contributed by atoms with Gasteiger partial charge in [0, 0.05) is 30.3 Å². The van der Waals surface area contributed by atoms with E-state index in [1.807, 2.05) is 24.3 Å². The van der Waals surface area contributed by atoms with Crippen LogP contribution in [-0.2, 0) is 6.42 Å². The van der Waals surface area contributed by atoms with Crippen LogP contribution in [-0.4, -0.2) is 22.4 Å². The third-order valence-electron chi connectivity index (χ3n) is 4.11. The number of para-hydroxylation sites is 1. The zero-order valence-corrected chi connectivity index (χ0v) is 13.3. The number of nitrogens with zero attached hydrogens (tertiary/aromatic N) is 3. The van der Waals surface area contributed by atoms with Gasteiger partial charge in [-0.05, 0) is 36.2 Å². The van der Waals surface area contributed by atoms with Gasteiger partial charge in [-0.1, -0.05) is 24.3 Å². The zero-order chi connectivity index (χ0) is 17.2. The highest BCUT2D eigenvalue weighted by molar-refractivity contribution is 6.07. The molecule has 0 atom stereocenters. The maximum absolute atomic E-state index is 13.2. The summed E-state index contributed by atoms with van der Waals surface area (Å²) < 4.78 is 13.2. The second-order valence-corrected chi connectivity index (χ2v) is 5.77. The Morgan fingerprint density at radius 1 is 1.08 bits per heavy atom. The number of rotatable bonds is 3. The number of hydrogen-bond acceptors (Lipinski definition) is 4. The molecule has 25 heavy (non-hydrogen) atoms. The minimum Gasteiger partial charge on any atom is -0.324 e. The predicted octanol–water partition coefficient (Wildman–Crippen LogP) is 3.56. The number of benzene rings is 2. The van der Waals surface area contributed by atoms with Crippen LogP contribution < -0.4 is 10.2 Å². The highest BCUT2D eigenvalue weighted by Gasteiger charge is 2.25. The summed E-state index contributed by atoms with van der Waals surface area (Å²) in [5.74, 6) is -0.157. The first-order chi connectivity index (χ1) is 12.2. The number of carbonyl (C=O) groups is 1. The van der Waals surface area contributed by atoms with Gasteiger partial charge in [-0.25, -0.2) is 14.4 Å². The number of nitrogens with one attached hydrogen (secondary N) is 1. The van der Waals surface area contributed by atoms with Crippen molar-refractivity contribution in [2.45, 2.75) is 6.42 Å². The second kappa shape index (κ2) is 6.32. The Hall–Kier alpha value is -3.28. The molecule has 6 heteroatoms. The Morgan fingerprint density at radius 2 is 1.88 bits per heavy atom. The summed E-state index contributed by atoms with van der Waals surface area (Å²) in [6, 6.07) is 13.9. The van der Waals surface area contributed by atoms with Crippen LogP contribution in [0.4, 0.5) is 21.7 Å². The van der Waals surface area contributed by atoms with Crippen LogP contribution in [0.1, 0.15) is 15.9 Å². The lowest BCUT2D eigenvalue weighted by Gasteiger charge is -2.17. The van der Waals surface area contributed by atoms with Crippen molar-refractivity contribution in [3.05, 3.63) is 77.9 Å². The molecule has 5 nitrogen and oxygen atoms in total. The van der Waals surface area contributed by atoms with Crippen LogP contribution in [0.3, 0.4) is 0 Å². The Morgan fingerprint density at radius 3 is 2.68 bits per heavy atom. The molecule has 0 saturated carbocycles. The first-order valence-corrected chi connectivity index (χ1v) is 7.95. The van der Waals surface area contributed by atoms with E-state index in [0.29, 0.717) is 23.7 Å². The quantitative estimate of drug-likeness (QED) is 0.796. The number of fused-ring (bicyclic) bond motifs is 1. The van der Waals surface area contributed by atoms with Crippen molar-refractivity contribution in [2.24, 2.45) is 0 Å². The molecule has 0 aliphatic carbocycles. The highest BCUT2D eigenvalue weighted by Crippen LogP contribution is 2.28. The molecule has 0 spiro atoms. The number of halogens is 1. The maximum atomic E-state index is 13.2. The average molecular weight is 334 g/mol. The summed E-state index contributed by atoms with van der Waals surface area (Å²) in [6.45, 7) is 0.654. The van der Waals surface area contributed by atoms with Gasteiger partial charge < -0.3 is 10.2 Å². The van der Waals surface area contributed by atoms with Crippen LogP contribution >= 0.6 is 0 Å². The van der Waals surface area contributed by atoms with Crippen molar-refractivity contribution in [3.63, 3.8) is 0 Å². The Kier molecular flexibility index (Phi) is 3.85. The van der Waals surface area contributed by atoms with E-state index in [2.05, 4.69) is 15.3 Å². The molecule has 1 amide bonds. The predicted molar refractivity (Wildman–Crippen MR) is 93.5 cm³/mol. The maximum Gasteiger partial charge on any atom is 0.261 e. The molecule has 2 heterocycles. The van der Waals surface area contributed by atoms with Gasteiger partial charge in [0.2, 0.25) is 5.95 Å². The van der Waals surface area contributed by atoms with Crippen molar-refractivity contribution in [2.75, 3.05) is 16.8 Å². The first kappa shape index (κ1) is 15.3. The van der Waals surface area contributed by atoms with Crippen molar-refractivity contribution < 1.29 is 9.18 Å². The number of aromatic nitrogens is 2. The van der Waals surface area contributed by atoms with E-state index in [1.165, 1.54) is 30.1 Å². The van der Waals surface area contributed by atoms with E-state index >= 15 is 0 Å². The first-order valence-electron chi connectivity index (χ1n) is 7.95.